The summed E-state index contributed by atoms with van der Waals surface area (Å²) in [5, 5.41) is 3.51. The number of methoxy groups -OCH3 is 1. The minimum Gasteiger partial charge on any atom is -0.494 e. The Morgan fingerprint density at radius 3 is 2.71 bits per heavy atom. The van der Waals surface area contributed by atoms with Crippen LogP contribution in [0.15, 0.2) is 21.5 Å². The second-order valence-electron chi connectivity index (χ2n) is 4.59. The fraction of sp³-hybridized carbons (Fsp3) is 0.500. The minimum atomic E-state index is -3.65. The van der Waals surface area contributed by atoms with Crippen LogP contribution in [0, 0.1) is 0 Å². The zero-order valence-corrected chi connectivity index (χ0v) is 15.6. The summed E-state index contributed by atoms with van der Waals surface area (Å²) in [6, 6.07) is 2.92. The van der Waals surface area contributed by atoms with Gasteiger partial charge in [0.15, 0.2) is 5.75 Å². The van der Waals surface area contributed by atoms with Gasteiger partial charge >= 0.3 is 0 Å². The molecule has 1 aliphatic rings. The minimum absolute atomic E-state index is 0. The number of sulfonamides is 1. The smallest absolute Gasteiger partial charge is 0.247 e. The van der Waals surface area contributed by atoms with E-state index in [9.17, 15) is 8.42 Å². The highest BCUT2D eigenvalue weighted by molar-refractivity contribution is 9.10. The van der Waals surface area contributed by atoms with Gasteiger partial charge in [-0.2, -0.15) is 4.31 Å². The number of benzene rings is 1. The van der Waals surface area contributed by atoms with Crippen molar-refractivity contribution in [3.8, 4) is 5.75 Å². The fourth-order valence-electron chi connectivity index (χ4n) is 2.23. The predicted molar refractivity (Wildman–Crippen MR) is 89.2 cm³/mol. The van der Waals surface area contributed by atoms with Gasteiger partial charge in [0, 0.05) is 30.7 Å². The van der Waals surface area contributed by atoms with Crippen LogP contribution in [0.3, 0.4) is 0 Å². The van der Waals surface area contributed by atoms with Crippen LogP contribution >= 0.6 is 39.9 Å². The van der Waals surface area contributed by atoms with Crippen molar-refractivity contribution < 1.29 is 13.2 Å². The molecule has 1 N–H and O–H groups in total. The van der Waals surface area contributed by atoms with Crippen LogP contribution < -0.4 is 10.1 Å². The Kier molecular flexibility index (Phi) is 6.77. The molecule has 1 atom stereocenters. The van der Waals surface area contributed by atoms with Crippen molar-refractivity contribution in [1.82, 2.24) is 9.62 Å². The normalized spacial score (nSPS) is 19.9. The Bertz CT molecular complexity index is 613. The molecule has 0 saturated carbocycles. The van der Waals surface area contributed by atoms with Crippen molar-refractivity contribution in [3.05, 3.63) is 21.6 Å². The third-order valence-corrected chi connectivity index (χ3v) is 6.03. The average molecular weight is 420 g/mol. The van der Waals surface area contributed by atoms with Crippen molar-refractivity contribution in [2.75, 3.05) is 26.7 Å². The molecule has 9 heteroatoms. The number of nitrogens with zero attached hydrogens (tertiary/aromatic N) is 1. The van der Waals surface area contributed by atoms with E-state index in [4.69, 9.17) is 16.3 Å². The van der Waals surface area contributed by atoms with Crippen molar-refractivity contribution in [1.29, 1.82) is 0 Å². The summed E-state index contributed by atoms with van der Waals surface area (Å²) in [6.45, 7) is 3.56. The molecule has 1 aromatic carbocycles. The van der Waals surface area contributed by atoms with Crippen LogP contribution in [-0.4, -0.2) is 45.5 Å². The summed E-state index contributed by atoms with van der Waals surface area (Å²) in [4.78, 5) is 0.0909. The van der Waals surface area contributed by atoms with E-state index in [2.05, 4.69) is 21.2 Å². The molecular weight excluding hydrogens is 403 g/mol. The first kappa shape index (κ1) is 19.0. The zero-order chi connectivity index (χ0) is 14.9. The first-order valence-electron chi connectivity index (χ1n) is 6.13. The number of halogens is 3. The second kappa shape index (κ2) is 7.48. The Morgan fingerprint density at radius 1 is 1.48 bits per heavy atom. The van der Waals surface area contributed by atoms with Crippen molar-refractivity contribution >= 4 is 50.0 Å². The molecule has 2 rings (SSSR count). The maximum absolute atomic E-state index is 12.8. The molecule has 0 bridgehead atoms. The molecular formula is C12H17BrCl2N2O3S. The van der Waals surface area contributed by atoms with Gasteiger partial charge < -0.3 is 10.1 Å². The number of ether oxygens (including phenoxy) is 1. The van der Waals surface area contributed by atoms with Gasteiger partial charge in [0.25, 0.3) is 0 Å². The van der Waals surface area contributed by atoms with Crippen LogP contribution in [0.4, 0.5) is 0 Å². The quantitative estimate of drug-likeness (QED) is 0.817. The first-order chi connectivity index (χ1) is 9.37. The maximum atomic E-state index is 12.8. The molecule has 0 spiro atoms. The Balaban J connectivity index is 0.00000220. The first-order valence-corrected chi connectivity index (χ1v) is 8.74. The lowest BCUT2D eigenvalue weighted by molar-refractivity contribution is 0.282. The second-order valence-corrected chi connectivity index (χ2v) is 7.74. The van der Waals surface area contributed by atoms with Crippen LogP contribution in [0.25, 0.3) is 0 Å². The van der Waals surface area contributed by atoms with E-state index >= 15 is 0 Å². The van der Waals surface area contributed by atoms with E-state index in [0.717, 1.165) is 0 Å². The molecule has 120 valence electrons. The highest BCUT2D eigenvalue weighted by Crippen LogP contribution is 2.37. The Hall–Kier alpha value is -0.0500. The van der Waals surface area contributed by atoms with Gasteiger partial charge in [0.2, 0.25) is 10.0 Å². The van der Waals surface area contributed by atoms with Gasteiger partial charge in [0.05, 0.1) is 11.6 Å². The molecule has 1 fully saturated rings. The van der Waals surface area contributed by atoms with E-state index in [1.165, 1.54) is 17.5 Å². The van der Waals surface area contributed by atoms with Gasteiger partial charge in [-0.15, -0.1) is 12.4 Å². The fourth-order valence-corrected chi connectivity index (χ4v) is 5.24. The molecule has 1 unspecified atom stereocenters. The largest absolute Gasteiger partial charge is 0.494 e. The monoisotopic (exact) mass is 418 g/mol. The van der Waals surface area contributed by atoms with E-state index < -0.39 is 10.0 Å². The molecule has 0 radical (unpaired) electrons. The van der Waals surface area contributed by atoms with Crippen LogP contribution in [0.1, 0.15) is 6.92 Å². The molecule has 1 aliphatic heterocycles. The number of hydrogen-bond donors (Lipinski definition) is 1. The lowest BCUT2D eigenvalue weighted by atomic mass is 10.3. The highest BCUT2D eigenvalue weighted by Gasteiger charge is 2.34. The third-order valence-electron chi connectivity index (χ3n) is 3.21. The summed E-state index contributed by atoms with van der Waals surface area (Å²) >= 11 is 9.26. The van der Waals surface area contributed by atoms with Gasteiger partial charge in [-0.05, 0) is 35.0 Å². The highest BCUT2D eigenvalue weighted by atomic mass is 79.9. The van der Waals surface area contributed by atoms with Crippen LogP contribution in [-0.2, 0) is 10.0 Å². The topological polar surface area (TPSA) is 58.6 Å². The standard InChI is InChI=1S/C12H16BrClN2O3S.ClH/c1-8-7-15-3-4-16(8)20(17,18)11-6-9(14)5-10(13)12(11)19-2;/h5-6,8,15H,3-4,7H2,1-2H3;1H. The average Bonchev–Trinajstić information content (AvgIpc) is 2.38. The number of piperazine rings is 1. The maximum Gasteiger partial charge on any atom is 0.247 e. The predicted octanol–water partition coefficient (Wildman–Crippen LogP) is 2.52. The molecule has 0 aliphatic carbocycles. The van der Waals surface area contributed by atoms with E-state index in [1.807, 2.05) is 6.92 Å². The SMILES string of the molecule is COc1c(Br)cc(Cl)cc1S(=O)(=O)N1CCNCC1C.Cl. The van der Waals surface area contributed by atoms with Gasteiger partial charge in [-0.1, -0.05) is 11.6 Å². The summed E-state index contributed by atoms with van der Waals surface area (Å²) < 4.78 is 32.9. The van der Waals surface area contributed by atoms with E-state index in [1.54, 1.807) is 6.07 Å². The lowest BCUT2D eigenvalue weighted by Gasteiger charge is -2.33. The molecule has 1 saturated heterocycles. The molecule has 21 heavy (non-hydrogen) atoms. The van der Waals surface area contributed by atoms with E-state index in [0.29, 0.717) is 29.1 Å². The number of rotatable bonds is 3. The number of hydrogen-bond acceptors (Lipinski definition) is 4. The number of nitrogens with one attached hydrogen (secondary N) is 1. The summed E-state index contributed by atoms with van der Waals surface area (Å²) in [5.74, 6) is 0.278. The summed E-state index contributed by atoms with van der Waals surface area (Å²) in [7, 11) is -2.21. The van der Waals surface area contributed by atoms with Crippen molar-refractivity contribution in [2.24, 2.45) is 0 Å². The zero-order valence-electron chi connectivity index (χ0n) is 11.6. The van der Waals surface area contributed by atoms with Gasteiger partial charge in [0.1, 0.15) is 4.90 Å². The lowest BCUT2D eigenvalue weighted by Crippen LogP contribution is -2.52. The molecule has 5 nitrogen and oxygen atoms in total. The van der Waals surface area contributed by atoms with Gasteiger partial charge in [-0.3, -0.25) is 0 Å². The van der Waals surface area contributed by atoms with Crippen LogP contribution in [0.2, 0.25) is 5.02 Å². The van der Waals surface area contributed by atoms with E-state index in [-0.39, 0.29) is 29.1 Å². The summed E-state index contributed by atoms with van der Waals surface area (Å²) in [6.07, 6.45) is 0. The van der Waals surface area contributed by atoms with Crippen molar-refractivity contribution in [3.63, 3.8) is 0 Å². The molecule has 0 amide bonds. The van der Waals surface area contributed by atoms with Gasteiger partial charge in [-0.25, -0.2) is 8.42 Å². The summed E-state index contributed by atoms with van der Waals surface area (Å²) in [5.41, 5.74) is 0. The van der Waals surface area contributed by atoms with Crippen molar-refractivity contribution in [2.45, 2.75) is 17.9 Å². The molecule has 0 aromatic heterocycles. The molecule has 1 heterocycles. The Morgan fingerprint density at radius 2 is 2.14 bits per heavy atom. The Labute approximate surface area is 144 Å². The van der Waals surface area contributed by atoms with Crippen LogP contribution in [0.5, 0.6) is 5.75 Å². The third kappa shape index (κ3) is 3.83. The molecule has 1 aromatic rings.